The molecule has 1 fully saturated rings. The summed E-state index contributed by atoms with van der Waals surface area (Å²) in [6.45, 7) is 4.82. The minimum absolute atomic E-state index is 0. The molecule has 24 heavy (non-hydrogen) atoms. The molecule has 0 bridgehead atoms. The Kier molecular flexibility index (Phi) is 7.27. The van der Waals surface area contributed by atoms with Gasteiger partial charge in [-0.15, -0.1) is 23.7 Å². The maximum atomic E-state index is 12.1. The molecule has 2 aromatic rings. The van der Waals surface area contributed by atoms with E-state index < -0.39 is 0 Å². The van der Waals surface area contributed by atoms with E-state index in [0.29, 0.717) is 24.8 Å². The van der Waals surface area contributed by atoms with E-state index in [2.05, 4.69) is 22.5 Å². The molecule has 3 heterocycles. The van der Waals surface area contributed by atoms with Crippen LogP contribution in [0.25, 0.3) is 10.8 Å². The lowest BCUT2D eigenvalue weighted by atomic mass is 9.84. The van der Waals surface area contributed by atoms with E-state index >= 15 is 0 Å². The summed E-state index contributed by atoms with van der Waals surface area (Å²) >= 11 is 1.53. The third-order valence-corrected chi connectivity index (χ3v) is 5.35. The van der Waals surface area contributed by atoms with Crippen LogP contribution in [0.3, 0.4) is 0 Å². The van der Waals surface area contributed by atoms with Gasteiger partial charge in [0.15, 0.2) is 10.8 Å². The summed E-state index contributed by atoms with van der Waals surface area (Å²) in [5, 5.41) is 9.17. The number of halogens is 1. The number of carbonyl (C=O) groups is 1. The van der Waals surface area contributed by atoms with Crippen molar-refractivity contribution in [2.24, 2.45) is 11.8 Å². The lowest BCUT2D eigenvalue weighted by Gasteiger charge is -2.27. The second kappa shape index (κ2) is 9.20. The molecule has 2 aromatic heterocycles. The van der Waals surface area contributed by atoms with Gasteiger partial charge in [0, 0.05) is 11.8 Å². The first-order valence-electron chi connectivity index (χ1n) is 8.18. The van der Waals surface area contributed by atoms with Crippen molar-refractivity contribution >= 4 is 29.7 Å². The van der Waals surface area contributed by atoms with Crippen LogP contribution in [0.1, 0.15) is 31.9 Å². The Morgan fingerprint density at radius 3 is 3.00 bits per heavy atom. The quantitative estimate of drug-likeness (QED) is 0.818. The molecule has 0 aliphatic carbocycles. The molecule has 5 nitrogen and oxygen atoms in total. The standard InChI is InChI=1S/C17H23N3O2S.ClH/c1-12(13-4-6-18-7-5-13)9-16(21)19-10-14-11-23-17(20-14)15-3-2-8-22-15;/h2-3,8,11-13,18H,4-7,9-10H2,1H3,(H,19,21);1H. The monoisotopic (exact) mass is 369 g/mol. The molecule has 1 aliphatic heterocycles. The molecule has 0 saturated carbocycles. The number of hydrogen-bond acceptors (Lipinski definition) is 5. The van der Waals surface area contributed by atoms with Crippen LogP contribution in [-0.2, 0) is 11.3 Å². The topological polar surface area (TPSA) is 67.2 Å². The van der Waals surface area contributed by atoms with E-state index in [9.17, 15) is 4.79 Å². The van der Waals surface area contributed by atoms with Crippen molar-refractivity contribution in [1.82, 2.24) is 15.6 Å². The second-order valence-corrected chi connectivity index (χ2v) is 7.02. The first kappa shape index (κ1) is 19.0. The molecule has 1 atom stereocenters. The van der Waals surface area contributed by atoms with Gasteiger partial charge < -0.3 is 15.1 Å². The van der Waals surface area contributed by atoms with Crippen LogP contribution in [-0.4, -0.2) is 24.0 Å². The first-order valence-corrected chi connectivity index (χ1v) is 9.06. The number of furan rings is 1. The minimum Gasteiger partial charge on any atom is -0.462 e. The van der Waals surface area contributed by atoms with Crippen molar-refractivity contribution in [1.29, 1.82) is 0 Å². The zero-order valence-corrected chi connectivity index (χ0v) is 15.4. The molecule has 1 amide bonds. The molecule has 1 unspecified atom stereocenters. The smallest absolute Gasteiger partial charge is 0.220 e. The molecule has 0 aromatic carbocycles. The summed E-state index contributed by atoms with van der Waals surface area (Å²) in [6, 6.07) is 3.74. The normalized spacial score (nSPS) is 16.4. The van der Waals surface area contributed by atoms with Crippen LogP contribution in [0.15, 0.2) is 28.2 Å². The van der Waals surface area contributed by atoms with Crippen molar-refractivity contribution in [3.8, 4) is 10.8 Å². The van der Waals surface area contributed by atoms with Gasteiger partial charge in [-0.2, -0.15) is 0 Å². The summed E-state index contributed by atoms with van der Waals surface area (Å²) in [7, 11) is 0. The van der Waals surface area contributed by atoms with E-state index in [4.69, 9.17) is 4.42 Å². The zero-order valence-electron chi connectivity index (χ0n) is 13.8. The highest BCUT2D eigenvalue weighted by molar-refractivity contribution is 7.13. The van der Waals surface area contributed by atoms with Crippen molar-refractivity contribution in [3.63, 3.8) is 0 Å². The van der Waals surface area contributed by atoms with Gasteiger partial charge in [0.1, 0.15) is 0 Å². The molecule has 0 radical (unpaired) electrons. The van der Waals surface area contributed by atoms with E-state index in [1.807, 2.05) is 17.5 Å². The van der Waals surface area contributed by atoms with Gasteiger partial charge in [0.05, 0.1) is 18.5 Å². The van der Waals surface area contributed by atoms with Gasteiger partial charge in [0.2, 0.25) is 5.91 Å². The van der Waals surface area contributed by atoms with Gasteiger partial charge in [-0.1, -0.05) is 6.92 Å². The Balaban J connectivity index is 0.00000208. The number of rotatable bonds is 6. The summed E-state index contributed by atoms with van der Waals surface area (Å²) in [5.41, 5.74) is 0.879. The van der Waals surface area contributed by atoms with Crippen molar-refractivity contribution in [2.75, 3.05) is 13.1 Å². The molecular formula is C17H24ClN3O2S. The molecule has 0 spiro atoms. The average molecular weight is 370 g/mol. The highest BCUT2D eigenvalue weighted by Gasteiger charge is 2.22. The highest BCUT2D eigenvalue weighted by Crippen LogP contribution is 2.25. The number of nitrogens with zero attached hydrogens (tertiary/aromatic N) is 1. The highest BCUT2D eigenvalue weighted by atomic mass is 35.5. The molecule has 2 N–H and O–H groups in total. The third-order valence-electron chi connectivity index (χ3n) is 4.45. The Morgan fingerprint density at radius 2 is 2.29 bits per heavy atom. The van der Waals surface area contributed by atoms with Gasteiger partial charge in [-0.3, -0.25) is 4.79 Å². The van der Waals surface area contributed by atoms with Crippen molar-refractivity contribution < 1.29 is 9.21 Å². The van der Waals surface area contributed by atoms with Crippen LogP contribution in [0.2, 0.25) is 0 Å². The van der Waals surface area contributed by atoms with Gasteiger partial charge >= 0.3 is 0 Å². The van der Waals surface area contributed by atoms with E-state index in [0.717, 1.165) is 29.6 Å². The van der Waals surface area contributed by atoms with Crippen LogP contribution >= 0.6 is 23.7 Å². The predicted molar refractivity (Wildman–Crippen MR) is 98.3 cm³/mol. The lowest BCUT2D eigenvalue weighted by molar-refractivity contribution is -0.122. The van der Waals surface area contributed by atoms with Gasteiger partial charge in [0.25, 0.3) is 0 Å². The van der Waals surface area contributed by atoms with E-state index in [-0.39, 0.29) is 18.3 Å². The molecule has 3 rings (SSSR count). The van der Waals surface area contributed by atoms with Gasteiger partial charge in [-0.25, -0.2) is 4.98 Å². The largest absolute Gasteiger partial charge is 0.462 e. The number of hydrogen-bond donors (Lipinski definition) is 2. The maximum Gasteiger partial charge on any atom is 0.220 e. The fourth-order valence-electron chi connectivity index (χ4n) is 3.04. The Hall–Kier alpha value is -1.37. The van der Waals surface area contributed by atoms with Gasteiger partial charge in [-0.05, 0) is 49.9 Å². The molecule has 1 aliphatic rings. The third kappa shape index (κ3) is 5.06. The lowest BCUT2D eigenvalue weighted by Crippen LogP contribution is -2.33. The van der Waals surface area contributed by atoms with Crippen molar-refractivity contribution in [2.45, 2.75) is 32.7 Å². The molecule has 132 valence electrons. The number of aromatic nitrogens is 1. The summed E-state index contributed by atoms with van der Waals surface area (Å²) in [5.74, 6) is 1.98. The van der Waals surface area contributed by atoms with Crippen LogP contribution < -0.4 is 10.6 Å². The molecular weight excluding hydrogens is 346 g/mol. The van der Waals surface area contributed by atoms with E-state index in [1.165, 1.54) is 24.2 Å². The maximum absolute atomic E-state index is 12.1. The van der Waals surface area contributed by atoms with Crippen LogP contribution in [0.5, 0.6) is 0 Å². The molecule has 1 saturated heterocycles. The minimum atomic E-state index is 0. The van der Waals surface area contributed by atoms with Crippen LogP contribution in [0, 0.1) is 11.8 Å². The van der Waals surface area contributed by atoms with E-state index in [1.54, 1.807) is 6.26 Å². The summed E-state index contributed by atoms with van der Waals surface area (Å²) < 4.78 is 5.33. The number of carbonyl (C=O) groups excluding carboxylic acids is 1. The molecule has 7 heteroatoms. The number of piperidine rings is 1. The fourth-order valence-corrected chi connectivity index (χ4v) is 3.82. The Bertz CT molecular complexity index is 624. The SMILES string of the molecule is CC(CC(=O)NCc1csc(-c2ccco2)n1)C1CCNCC1.Cl. The number of nitrogens with one attached hydrogen (secondary N) is 2. The fraction of sp³-hybridized carbons (Fsp3) is 0.529. The Morgan fingerprint density at radius 1 is 1.50 bits per heavy atom. The first-order chi connectivity index (χ1) is 11.2. The number of amides is 1. The summed E-state index contributed by atoms with van der Waals surface area (Å²) in [4.78, 5) is 16.6. The average Bonchev–Trinajstić information content (AvgIpc) is 3.25. The predicted octanol–water partition coefficient (Wildman–Crippen LogP) is 3.47. The second-order valence-electron chi connectivity index (χ2n) is 6.17. The number of thiazole rings is 1. The Labute approximate surface area is 152 Å². The zero-order chi connectivity index (χ0) is 16.1. The van der Waals surface area contributed by atoms with Crippen molar-refractivity contribution in [3.05, 3.63) is 29.5 Å². The van der Waals surface area contributed by atoms with Crippen LogP contribution in [0.4, 0.5) is 0 Å². The summed E-state index contributed by atoms with van der Waals surface area (Å²) in [6.07, 6.45) is 4.58.